The van der Waals surface area contributed by atoms with Crippen molar-refractivity contribution in [1.29, 1.82) is 0 Å². The summed E-state index contributed by atoms with van der Waals surface area (Å²) < 4.78 is 11.5. The zero-order valence-corrected chi connectivity index (χ0v) is 21.7. The molecule has 0 bridgehead atoms. The van der Waals surface area contributed by atoms with Crippen LogP contribution >= 0.6 is 11.6 Å². The quantitative estimate of drug-likeness (QED) is 0.334. The summed E-state index contributed by atoms with van der Waals surface area (Å²) in [5.41, 5.74) is 4.15. The zero-order valence-electron chi connectivity index (χ0n) is 21.0. The number of halogens is 1. The van der Waals surface area contributed by atoms with Gasteiger partial charge in [-0.2, -0.15) is 0 Å². The monoisotopic (exact) mass is 518 g/mol. The molecular formula is C29H31ClN4O3. The predicted molar refractivity (Wildman–Crippen MR) is 145 cm³/mol. The summed E-state index contributed by atoms with van der Waals surface area (Å²) in [6, 6.07) is 19.3. The molecule has 4 aromatic rings. The SMILES string of the molecule is Cc1c(C(=O)N(Cc2cccc(OCCN3CCOCC3)c2)Cc2ccccn2)[nH]c2ccc(Cl)cc12. The smallest absolute Gasteiger partial charge is 0.271 e. The third kappa shape index (κ3) is 6.31. The molecule has 1 aliphatic heterocycles. The minimum atomic E-state index is -0.0888. The lowest BCUT2D eigenvalue weighted by molar-refractivity contribution is 0.0322. The first-order chi connectivity index (χ1) is 18.1. The minimum absolute atomic E-state index is 0.0888. The van der Waals surface area contributed by atoms with Gasteiger partial charge in [0.05, 0.1) is 25.5 Å². The molecule has 0 unspecified atom stereocenters. The van der Waals surface area contributed by atoms with Gasteiger partial charge in [-0.15, -0.1) is 0 Å². The normalized spacial score (nSPS) is 14.1. The number of rotatable bonds is 9. The fourth-order valence-electron chi connectivity index (χ4n) is 4.63. The maximum Gasteiger partial charge on any atom is 0.271 e. The van der Waals surface area contributed by atoms with E-state index in [4.69, 9.17) is 21.1 Å². The van der Waals surface area contributed by atoms with Crippen LogP contribution in [0.2, 0.25) is 5.02 Å². The van der Waals surface area contributed by atoms with E-state index in [1.807, 2.05) is 72.5 Å². The van der Waals surface area contributed by atoms with E-state index in [1.165, 1.54) is 0 Å². The van der Waals surface area contributed by atoms with E-state index in [0.29, 0.717) is 30.4 Å². The molecule has 2 aromatic carbocycles. The largest absolute Gasteiger partial charge is 0.492 e. The second kappa shape index (κ2) is 11.8. The van der Waals surface area contributed by atoms with Crippen LogP contribution in [0.15, 0.2) is 66.9 Å². The molecule has 1 amide bonds. The fraction of sp³-hybridized carbons (Fsp3) is 0.310. The molecular weight excluding hydrogens is 488 g/mol. The minimum Gasteiger partial charge on any atom is -0.492 e. The Morgan fingerprint density at radius 2 is 1.97 bits per heavy atom. The van der Waals surface area contributed by atoms with Crippen molar-refractivity contribution in [1.82, 2.24) is 19.8 Å². The number of amides is 1. The molecule has 0 saturated carbocycles. The van der Waals surface area contributed by atoms with Crippen LogP contribution in [0.25, 0.3) is 10.9 Å². The zero-order chi connectivity index (χ0) is 25.6. The Balaban J connectivity index is 1.34. The molecule has 8 heteroatoms. The molecule has 1 aliphatic rings. The number of H-pyrrole nitrogens is 1. The Kier molecular flexibility index (Phi) is 8.04. The fourth-order valence-corrected chi connectivity index (χ4v) is 4.80. The number of fused-ring (bicyclic) bond motifs is 1. The van der Waals surface area contributed by atoms with Gasteiger partial charge in [-0.1, -0.05) is 29.8 Å². The lowest BCUT2D eigenvalue weighted by Gasteiger charge is -2.26. The number of hydrogen-bond donors (Lipinski definition) is 1. The van der Waals surface area contributed by atoms with Gasteiger partial charge in [0, 0.05) is 48.3 Å². The number of aromatic nitrogens is 2. The van der Waals surface area contributed by atoms with Gasteiger partial charge >= 0.3 is 0 Å². The average Bonchev–Trinajstić information content (AvgIpc) is 3.25. The number of carbonyl (C=O) groups excluding carboxylic acids is 1. The molecule has 192 valence electrons. The highest BCUT2D eigenvalue weighted by atomic mass is 35.5. The first-order valence-corrected chi connectivity index (χ1v) is 12.9. The highest BCUT2D eigenvalue weighted by molar-refractivity contribution is 6.31. The molecule has 1 N–H and O–H groups in total. The van der Waals surface area contributed by atoms with Crippen LogP contribution in [0.5, 0.6) is 5.75 Å². The molecule has 0 atom stereocenters. The third-order valence-electron chi connectivity index (χ3n) is 6.65. The molecule has 1 fully saturated rings. The number of nitrogens with one attached hydrogen (secondary N) is 1. The Bertz CT molecular complexity index is 1350. The van der Waals surface area contributed by atoms with E-state index < -0.39 is 0 Å². The first kappa shape index (κ1) is 25.3. The van der Waals surface area contributed by atoms with Gasteiger partial charge in [-0.05, 0) is 60.5 Å². The van der Waals surface area contributed by atoms with Crippen LogP contribution in [-0.4, -0.2) is 65.1 Å². The van der Waals surface area contributed by atoms with Gasteiger partial charge in [0.2, 0.25) is 0 Å². The number of aryl methyl sites for hydroxylation is 1. The van der Waals surface area contributed by atoms with Gasteiger partial charge in [-0.3, -0.25) is 14.7 Å². The van der Waals surface area contributed by atoms with Gasteiger partial charge < -0.3 is 19.4 Å². The van der Waals surface area contributed by atoms with E-state index in [2.05, 4.69) is 14.9 Å². The van der Waals surface area contributed by atoms with E-state index >= 15 is 0 Å². The average molecular weight is 519 g/mol. The standard InChI is InChI=1S/C29H31ClN4O3/c1-21-26-18-23(30)8-9-27(26)32-28(21)29(35)34(20-24-6-2-3-10-31-24)19-22-5-4-7-25(17-22)37-16-13-33-11-14-36-15-12-33/h2-10,17-18,32H,11-16,19-20H2,1H3. The Hall–Kier alpha value is -3.39. The Morgan fingerprint density at radius 1 is 1.11 bits per heavy atom. The second-order valence-electron chi connectivity index (χ2n) is 9.25. The lowest BCUT2D eigenvalue weighted by atomic mass is 10.1. The maximum atomic E-state index is 13.8. The molecule has 5 rings (SSSR count). The number of benzene rings is 2. The maximum absolute atomic E-state index is 13.8. The molecule has 37 heavy (non-hydrogen) atoms. The molecule has 0 aliphatic carbocycles. The summed E-state index contributed by atoms with van der Waals surface area (Å²) in [4.78, 5) is 25.8. The van der Waals surface area contributed by atoms with Crippen molar-refractivity contribution in [2.24, 2.45) is 0 Å². The van der Waals surface area contributed by atoms with Crippen LogP contribution in [0, 0.1) is 6.92 Å². The van der Waals surface area contributed by atoms with Crippen molar-refractivity contribution in [2.45, 2.75) is 20.0 Å². The van der Waals surface area contributed by atoms with Gasteiger partial charge in [0.1, 0.15) is 18.1 Å². The van der Waals surface area contributed by atoms with Crippen molar-refractivity contribution in [3.05, 3.63) is 94.4 Å². The van der Waals surface area contributed by atoms with Crippen molar-refractivity contribution >= 4 is 28.4 Å². The molecule has 2 aromatic heterocycles. The number of ether oxygens (including phenoxy) is 2. The number of hydrogen-bond acceptors (Lipinski definition) is 5. The van der Waals surface area contributed by atoms with E-state index in [-0.39, 0.29) is 5.91 Å². The molecule has 7 nitrogen and oxygen atoms in total. The lowest BCUT2D eigenvalue weighted by Crippen LogP contribution is -2.38. The van der Waals surface area contributed by atoms with Crippen LogP contribution in [0.4, 0.5) is 0 Å². The van der Waals surface area contributed by atoms with Crippen molar-refractivity contribution in [3.63, 3.8) is 0 Å². The summed E-state index contributed by atoms with van der Waals surface area (Å²) >= 11 is 6.21. The Labute approximate surface area is 222 Å². The van der Waals surface area contributed by atoms with Gasteiger partial charge in [0.25, 0.3) is 5.91 Å². The summed E-state index contributed by atoms with van der Waals surface area (Å²) in [6.07, 6.45) is 1.75. The number of aromatic amines is 1. The summed E-state index contributed by atoms with van der Waals surface area (Å²) in [6.45, 7) is 7.66. The van der Waals surface area contributed by atoms with Crippen LogP contribution in [0.3, 0.4) is 0 Å². The van der Waals surface area contributed by atoms with Gasteiger partial charge in [0.15, 0.2) is 0 Å². The third-order valence-corrected chi connectivity index (χ3v) is 6.89. The van der Waals surface area contributed by atoms with E-state index in [0.717, 1.165) is 66.3 Å². The van der Waals surface area contributed by atoms with Crippen LogP contribution in [0.1, 0.15) is 27.3 Å². The molecule has 0 radical (unpaired) electrons. The van der Waals surface area contributed by atoms with E-state index in [9.17, 15) is 4.79 Å². The second-order valence-corrected chi connectivity index (χ2v) is 9.68. The first-order valence-electron chi connectivity index (χ1n) is 12.6. The number of morpholine rings is 1. The van der Waals surface area contributed by atoms with Crippen molar-refractivity contribution < 1.29 is 14.3 Å². The Morgan fingerprint density at radius 3 is 2.78 bits per heavy atom. The topological polar surface area (TPSA) is 70.7 Å². The van der Waals surface area contributed by atoms with Gasteiger partial charge in [-0.25, -0.2) is 0 Å². The van der Waals surface area contributed by atoms with Crippen molar-refractivity contribution in [2.75, 3.05) is 39.5 Å². The number of pyridine rings is 1. The molecule has 1 saturated heterocycles. The summed E-state index contributed by atoms with van der Waals surface area (Å²) in [5, 5.41) is 1.59. The molecule has 0 spiro atoms. The number of carbonyl (C=O) groups is 1. The van der Waals surface area contributed by atoms with Crippen LogP contribution < -0.4 is 4.74 Å². The highest BCUT2D eigenvalue weighted by Gasteiger charge is 2.22. The van der Waals surface area contributed by atoms with Crippen molar-refractivity contribution in [3.8, 4) is 5.75 Å². The molecule has 3 heterocycles. The summed E-state index contributed by atoms with van der Waals surface area (Å²) in [5.74, 6) is 0.710. The van der Waals surface area contributed by atoms with Crippen LogP contribution in [-0.2, 0) is 17.8 Å². The summed E-state index contributed by atoms with van der Waals surface area (Å²) in [7, 11) is 0. The highest BCUT2D eigenvalue weighted by Crippen LogP contribution is 2.27. The number of nitrogens with zero attached hydrogens (tertiary/aromatic N) is 3. The van der Waals surface area contributed by atoms with E-state index in [1.54, 1.807) is 6.20 Å². The predicted octanol–water partition coefficient (Wildman–Crippen LogP) is 5.08.